The molecule has 0 fully saturated rings. The lowest BCUT2D eigenvalue weighted by Crippen LogP contribution is -2.22. The molecule has 0 saturated carbocycles. The van der Waals surface area contributed by atoms with Gasteiger partial charge in [0.05, 0.1) is 6.20 Å². The Kier molecular flexibility index (Phi) is 2.95. The van der Waals surface area contributed by atoms with Crippen molar-refractivity contribution in [3.8, 4) is 0 Å². The maximum Gasteiger partial charge on any atom is 0.288 e. The first kappa shape index (κ1) is 10.4. The van der Waals surface area contributed by atoms with Crippen molar-refractivity contribution in [2.45, 2.75) is 6.54 Å². The maximum atomic E-state index is 13.2. The molecular formula is C11H9FN2O2. The smallest absolute Gasteiger partial charge is 0.288 e. The summed E-state index contributed by atoms with van der Waals surface area (Å²) in [6.45, 7) is 0.117. The van der Waals surface area contributed by atoms with Crippen LogP contribution in [0.2, 0.25) is 0 Å². The third-order valence-corrected chi connectivity index (χ3v) is 2.05. The number of aromatic nitrogens is 1. The third-order valence-electron chi connectivity index (χ3n) is 2.05. The van der Waals surface area contributed by atoms with Crippen LogP contribution in [0.4, 0.5) is 4.39 Å². The summed E-state index contributed by atoms with van der Waals surface area (Å²) in [5, 5.41) is 2.53. The molecule has 2 rings (SSSR count). The molecule has 0 aliphatic carbocycles. The fourth-order valence-electron chi connectivity index (χ4n) is 1.23. The van der Waals surface area contributed by atoms with Crippen molar-refractivity contribution in [2.75, 3.05) is 0 Å². The van der Waals surface area contributed by atoms with E-state index >= 15 is 0 Å². The predicted molar refractivity (Wildman–Crippen MR) is 54.1 cm³/mol. The average Bonchev–Trinajstić information content (AvgIpc) is 2.81. The van der Waals surface area contributed by atoms with Crippen molar-refractivity contribution in [3.63, 3.8) is 0 Å². The molecule has 1 aromatic carbocycles. The molecule has 0 bridgehead atoms. The topological polar surface area (TPSA) is 55.1 Å². The Morgan fingerprint density at radius 1 is 1.44 bits per heavy atom. The number of carbonyl (C=O) groups is 1. The molecule has 0 unspecified atom stereocenters. The van der Waals surface area contributed by atoms with Crippen LogP contribution >= 0.6 is 0 Å². The lowest BCUT2D eigenvalue weighted by atomic mass is 10.2. The fraction of sp³-hybridized carbons (Fsp3) is 0.0909. The monoisotopic (exact) mass is 220 g/mol. The molecule has 16 heavy (non-hydrogen) atoms. The second-order valence-corrected chi connectivity index (χ2v) is 3.14. The molecule has 0 atom stereocenters. The highest BCUT2D eigenvalue weighted by Gasteiger charge is 2.09. The molecule has 0 aliphatic rings. The summed E-state index contributed by atoms with van der Waals surface area (Å²) >= 11 is 0. The maximum absolute atomic E-state index is 13.2. The van der Waals surface area contributed by atoms with E-state index in [1.807, 2.05) is 0 Å². The van der Waals surface area contributed by atoms with Gasteiger partial charge in [0.2, 0.25) is 5.76 Å². The summed E-state index contributed by atoms with van der Waals surface area (Å²) in [6, 6.07) is 6.25. The van der Waals surface area contributed by atoms with Crippen LogP contribution in [0.5, 0.6) is 0 Å². The molecule has 0 aliphatic heterocycles. The summed E-state index contributed by atoms with van der Waals surface area (Å²) in [5.41, 5.74) is 0.426. The van der Waals surface area contributed by atoms with Gasteiger partial charge in [0.1, 0.15) is 5.82 Å². The van der Waals surface area contributed by atoms with E-state index < -0.39 is 5.91 Å². The largest absolute Gasteiger partial charge is 0.438 e. The van der Waals surface area contributed by atoms with E-state index in [2.05, 4.69) is 10.3 Å². The van der Waals surface area contributed by atoms with Crippen molar-refractivity contribution in [1.82, 2.24) is 10.3 Å². The number of benzene rings is 1. The Morgan fingerprint density at radius 2 is 2.25 bits per heavy atom. The molecule has 4 nitrogen and oxygen atoms in total. The van der Waals surface area contributed by atoms with Gasteiger partial charge in [0.25, 0.3) is 5.91 Å². The predicted octanol–water partition coefficient (Wildman–Crippen LogP) is 1.74. The van der Waals surface area contributed by atoms with Crippen molar-refractivity contribution in [2.24, 2.45) is 0 Å². The van der Waals surface area contributed by atoms with Gasteiger partial charge in [-0.3, -0.25) is 4.79 Å². The van der Waals surface area contributed by atoms with Gasteiger partial charge in [-0.2, -0.15) is 0 Å². The second kappa shape index (κ2) is 4.57. The van der Waals surface area contributed by atoms with Crippen LogP contribution in [0.1, 0.15) is 16.1 Å². The summed E-state index contributed by atoms with van der Waals surface area (Å²) < 4.78 is 18.0. The van der Waals surface area contributed by atoms with Gasteiger partial charge in [0, 0.05) is 12.1 Å². The first-order chi connectivity index (χ1) is 7.77. The molecular weight excluding hydrogens is 211 g/mol. The van der Waals surface area contributed by atoms with E-state index in [4.69, 9.17) is 4.42 Å². The number of halogens is 1. The van der Waals surface area contributed by atoms with Gasteiger partial charge in [-0.05, 0) is 6.07 Å². The summed E-state index contributed by atoms with van der Waals surface area (Å²) in [4.78, 5) is 15.0. The highest BCUT2D eigenvalue weighted by atomic mass is 19.1. The SMILES string of the molecule is O=C(NCc1ccccc1F)c1cnco1. The number of rotatable bonds is 3. The Bertz CT molecular complexity index is 482. The molecule has 2 aromatic rings. The molecule has 1 heterocycles. The third kappa shape index (κ3) is 2.25. The average molecular weight is 220 g/mol. The number of hydrogen-bond acceptors (Lipinski definition) is 3. The minimum atomic E-state index is -0.416. The summed E-state index contributed by atoms with van der Waals surface area (Å²) in [7, 11) is 0. The standard InChI is InChI=1S/C11H9FN2O2/c12-9-4-2-1-3-8(9)5-14-11(15)10-6-13-7-16-10/h1-4,6-7H,5H2,(H,14,15). The molecule has 82 valence electrons. The van der Waals surface area contributed by atoms with Crippen molar-refractivity contribution in [3.05, 3.63) is 54.0 Å². The van der Waals surface area contributed by atoms with Crippen LogP contribution in [-0.2, 0) is 6.54 Å². The highest BCUT2D eigenvalue weighted by molar-refractivity contribution is 5.90. The van der Waals surface area contributed by atoms with Crippen LogP contribution in [-0.4, -0.2) is 10.9 Å². The molecule has 1 aromatic heterocycles. The first-order valence-corrected chi connectivity index (χ1v) is 4.67. The van der Waals surface area contributed by atoms with Gasteiger partial charge in [0.15, 0.2) is 6.39 Å². The molecule has 1 amide bonds. The first-order valence-electron chi connectivity index (χ1n) is 4.67. The summed E-state index contributed by atoms with van der Waals surface area (Å²) in [5.74, 6) is -0.655. The Balaban J connectivity index is 1.98. The molecule has 0 spiro atoms. The molecule has 0 radical (unpaired) electrons. The number of nitrogens with zero attached hydrogens (tertiary/aromatic N) is 1. The minimum Gasteiger partial charge on any atom is -0.438 e. The van der Waals surface area contributed by atoms with Crippen LogP contribution in [0.3, 0.4) is 0 Å². The number of carbonyl (C=O) groups excluding carboxylic acids is 1. The van der Waals surface area contributed by atoms with Crippen molar-refractivity contribution >= 4 is 5.91 Å². The molecule has 0 saturated heterocycles. The van der Waals surface area contributed by atoms with Crippen molar-refractivity contribution in [1.29, 1.82) is 0 Å². The zero-order chi connectivity index (χ0) is 11.4. The zero-order valence-electron chi connectivity index (χ0n) is 8.31. The lowest BCUT2D eigenvalue weighted by Gasteiger charge is -2.03. The Morgan fingerprint density at radius 3 is 2.94 bits per heavy atom. The highest BCUT2D eigenvalue weighted by Crippen LogP contribution is 2.06. The normalized spacial score (nSPS) is 10.1. The number of oxazole rings is 1. The van der Waals surface area contributed by atoms with E-state index in [0.29, 0.717) is 5.56 Å². The molecule has 1 N–H and O–H groups in total. The number of hydrogen-bond donors (Lipinski definition) is 1. The second-order valence-electron chi connectivity index (χ2n) is 3.14. The lowest BCUT2D eigenvalue weighted by molar-refractivity contribution is 0.0923. The van der Waals surface area contributed by atoms with E-state index in [0.717, 1.165) is 6.39 Å². The van der Waals surface area contributed by atoms with Crippen LogP contribution in [0.25, 0.3) is 0 Å². The minimum absolute atomic E-state index is 0.108. The van der Waals surface area contributed by atoms with Crippen LogP contribution < -0.4 is 5.32 Å². The summed E-state index contributed by atoms with van der Waals surface area (Å²) in [6.07, 6.45) is 2.47. The number of amides is 1. The van der Waals surface area contributed by atoms with Gasteiger partial charge < -0.3 is 9.73 Å². The van der Waals surface area contributed by atoms with Gasteiger partial charge in [-0.15, -0.1) is 0 Å². The Labute approximate surface area is 91.1 Å². The quantitative estimate of drug-likeness (QED) is 0.857. The Hall–Kier alpha value is -2.17. The molecule has 5 heteroatoms. The van der Waals surface area contributed by atoms with Crippen molar-refractivity contribution < 1.29 is 13.6 Å². The van der Waals surface area contributed by atoms with Gasteiger partial charge in [-0.25, -0.2) is 9.37 Å². The van der Waals surface area contributed by atoms with E-state index in [9.17, 15) is 9.18 Å². The fourth-order valence-corrected chi connectivity index (χ4v) is 1.23. The van der Waals surface area contributed by atoms with Crippen LogP contribution in [0, 0.1) is 5.82 Å². The van der Waals surface area contributed by atoms with Crippen LogP contribution in [0.15, 0.2) is 41.3 Å². The zero-order valence-corrected chi connectivity index (χ0v) is 8.31. The van der Waals surface area contributed by atoms with E-state index in [1.165, 1.54) is 12.3 Å². The van der Waals surface area contributed by atoms with Gasteiger partial charge in [-0.1, -0.05) is 18.2 Å². The van der Waals surface area contributed by atoms with E-state index in [1.54, 1.807) is 18.2 Å². The van der Waals surface area contributed by atoms with E-state index in [-0.39, 0.29) is 18.1 Å². The number of nitrogens with one attached hydrogen (secondary N) is 1. The van der Waals surface area contributed by atoms with Gasteiger partial charge >= 0.3 is 0 Å².